The maximum atomic E-state index is 11.4. The summed E-state index contributed by atoms with van der Waals surface area (Å²) in [5, 5.41) is 6.54. The number of ether oxygens (including phenoxy) is 2. The van der Waals surface area contributed by atoms with Gasteiger partial charge in [-0.1, -0.05) is 35.4 Å². The summed E-state index contributed by atoms with van der Waals surface area (Å²) in [7, 11) is 0. The van der Waals surface area contributed by atoms with E-state index in [0.29, 0.717) is 19.6 Å². The van der Waals surface area contributed by atoms with Gasteiger partial charge in [-0.25, -0.2) is 9.59 Å². The van der Waals surface area contributed by atoms with Crippen molar-refractivity contribution < 1.29 is 19.1 Å². The number of urea groups is 1. The number of nitrogens with zero attached hydrogens (tertiary/aromatic N) is 2. The zero-order chi connectivity index (χ0) is 16.2. The van der Waals surface area contributed by atoms with Crippen LogP contribution in [0.2, 0.25) is 0 Å². The van der Waals surface area contributed by atoms with Gasteiger partial charge in [0.25, 0.3) is 0 Å². The highest BCUT2D eigenvalue weighted by atomic mass is 16.5. The molecule has 0 aliphatic rings. The number of benzene rings is 1. The Hall–Kier alpha value is -2.54. The normalized spacial score (nSPS) is 11.6. The van der Waals surface area contributed by atoms with E-state index in [0.717, 1.165) is 11.6 Å². The third-order valence-corrected chi connectivity index (χ3v) is 2.42. The zero-order valence-electron chi connectivity index (χ0n) is 12.4. The molecule has 118 valence electrons. The lowest BCUT2D eigenvalue weighted by Gasteiger charge is -2.04. The van der Waals surface area contributed by atoms with Crippen molar-refractivity contribution >= 4 is 12.0 Å². The number of azo groups is 1. The quantitative estimate of drug-likeness (QED) is 0.345. The van der Waals surface area contributed by atoms with Gasteiger partial charge in [0.1, 0.15) is 0 Å². The standard InChI is InChI=1S/C15H19N3O4/c1-12(17-18-15(16)20)10-14(19)22-9-5-8-21-11-13-6-3-2-4-7-13/h2-4,6-7,10H,5,8-9,11H2,1H3,(H2,16,20)/b12-10+,18-17?. The number of hydrogen-bond acceptors (Lipinski definition) is 5. The Balaban J connectivity index is 2.12. The van der Waals surface area contributed by atoms with Gasteiger partial charge < -0.3 is 15.2 Å². The summed E-state index contributed by atoms with van der Waals surface area (Å²) in [4.78, 5) is 21.8. The number of allylic oxidation sites excluding steroid dienone is 1. The molecule has 0 saturated carbocycles. The van der Waals surface area contributed by atoms with Crippen LogP contribution in [0, 0.1) is 0 Å². The van der Waals surface area contributed by atoms with E-state index in [1.165, 1.54) is 6.92 Å². The lowest BCUT2D eigenvalue weighted by molar-refractivity contribution is -0.138. The van der Waals surface area contributed by atoms with Crippen molar-refractivity contribution in [3.63, 3.8) is 0 Å². The van der Waals surface area contributed by atoms with Crippen molar-refractivity contribution in [2.45, 2.75) is 20.0 Å². The van der Waals surface area contributed by atoms with Crippen molar-refractivity contribution in [2.24, 2.45) is 16.0 Å². The number of esters is 1. The maximum absolute atomic E-state index is 11.4. The topological polar surface area (TPSA) is 103 Å². The van der Waals surface area contributed by atoms with Gasteiger partial charge >= 0.3 is 12.0 Å². The zero-order valence-corrected chi connectivity index (χ0v) is 12.4. The highest BCUT2D eigenvalue weighted by Gasteiger charge is 2.00. The second kappa shape index (κ2) is 10.2. The summed E-state index contributed by atoms with van der Waals surface area (Å²) in [6.45, 7) is 2.77. The molecule has 7 nitrogen and oxygen atoms in total. The minimum atomic E-state index is -0.920. The minimum absolute atomic E-state index is 0.240. The van der Waals surface area contributed by atoms with Crippen molar-refractivity contribution in [1.82, 2.24) is 0 Å². The molecule has 0 aromatic heterocycles. The summed E-state index contributed by atoms with van der Waals surface area (Å²) in [6, 6.07) is 8.89. The first-order valence-electron chi connectivity index (χ1n) is 6.76. The van der Waals surface area contributed by atoms with E-state index in [4.69, 9.17) is 15.2 Å². The smallest absolute Gasteiger partial charge is 0.356 e. The molecule has 2 amide bonds. The summed E-state index contributed by atoms with van der Waals surface area (Å²) < 4.78 is 10.4. The fourth-order valence-electron chi connectivity index (χ4n) is 1.47. The molecule has 2 N–H and O–H groups in total. The number of nitrogens with two attached hydrogens (primary N) is 1. The first kappa shape index (κ1) is 17.5. The summed E-state index contributed by atoms with van der Waals surface area (Å²) in [5.41, 5.74) is 6.12. The molecule has 0 aliphatic carbocycles. The van der Waals surface area contributed by atoms with Gasteiger partial charge in [-0.3, -0.25) is 0 Å². The monoisotopic (exact) mass is 305 g/mol. The maximum Gasteiger partial charge on any atom is 0.356 e. The van der Waals surface area contributed by atoms with Crippen LogP contribution in [0.1, 0.15) is 18.9 Å². The third-order valence-electron chi connectivity index (χ3n) is 2.42. The number of hydrogen-bond donors (Lipinski definition) is 1. The molecule has 7 heteroatoms. The van der Waals surface area contributed by atoms with Crippen LogP contribution in [0.3, 0.4) is 0 Å². The van der Waals surface area contributed by atoms with E-state index in [1.807, 2.05) is 30.3 Å². The molecule has 0 saturated heterocycles. The SMILES string of the molecule is C/C(=C\C(=O)OCCCOCc1ccccc1)N=NC(N)=O. The van der Waals surface area contributed by atoms with Gasteiger partial charge in [0.05, 0.1) is 25.5 Å². The van der Waals surface area contributed by atoms with Crippen molar-refractivity contribution in [1.29, 1.82) is 0 Å². The van der Waals surface area contributed by atoms with E-state index < -0.39 is 12.0 Å². The number of amides is 2. The first-order valence-corrected chi connectivity index (χ1v) is 6.76. The molecule has 0 heterocycles. The minimum Gasteiger partial charge on any atom is -0.462 e. The molecule has 0 radical (unpaired) electrons. The van der Waals surface area contributed by atoms with Crippen LogP contribution in [-0.4, -0.2) is 25.2 Å². The number of primary amides is 1. The Morgan fingerprint density at radius 3 is 2.59 bits per heavy atom. The fraction of sp³-hybridized carbons (Fsp3) is 0.333. The number of carbonyl (C=O) groups is 2. The van der Waals surface area contributed by atoms with Crippen molar-refractivity contribution in [3.8, 4) is 0 Å². The molecule has 1 aromatic rings. The average molecular weight is 305 g/mol. The Bertz CT molecular complexity index is 541. The van der Waals surface area contributed by atoms with Crippen LogP contribution in [0.4, 0.5) is 4.79 Å². The van der Waals surface area contributed by atoms with Gasteiger partial charge in [-0.15, -0.1) is 0 Å². The molecular formula is C15H19N3O4. The Kier molecular flexibility index (Phi) is 8.14. The lowest BCUT2D eigenvalue weighted by Crippen LogP contribution is -2.06. The molecule has 1 rings (SSSR count). The Morgan fingerprint density at radius 2 is 1.91 bits per heavy atom. The second-order valence-corrected chi connectivity index (χ2v) is 4.38. The molecule has 0 atom stereocenters. The van der Waals surface area contributed by atoms with Crippen LogP contribution >= 0.6 is 0 Å². The average Bonchev–Trinajstić information content (AvgIpc) is 2.49. The van der Waals surface area contributed by atoms with Gasteiger partial charge in [0.2, 0.25) is 0 Å². The van der Waals surface area contributed by atoms with E-state index in [2.05, 4.69) is 10.2 Å². The molecule has 1 aromatic carbocycles. The predicted molar refractivity (Wildman–Crippen MR) is 79.9 cm³/mol. The first-order chi connectivity index (χ1) is 10.6. The molecule has 22 heavy (non-hydrogen) atoms. The van der Waals surface area contributed by atoms with Crippen LogP contribution < -0.4 is 5.73 Å². The number of rotatable bonds is 8. The van der Waals surface area contributed by atoms with Crippen LogP contribution in [-0.2, 0) is 20.9 Å². The van der Waals surface area contributed by atoms with E-state index in [-0.39, 0.29) is 12.3 Å². The Labute approximate surface area is 128 Å². The second-order valence-electron chi connectivity index (χ2n) is 4.38. The van der Waals surface area contributed by atoms with Crippen molar-refractivity contribution in [2.75, 3.05) is 13.2 Å². The van der Waals surface area contributed by atoms with Crippen LogP contribution in [0.5, 0.6) is 0 Å². The highest BCUT2D eigenvalue weighted by Crippen LogP contribution is 2.01. The van der Waals surface area contributed by atoms with Gasteiger partial charge in [0.15, 0.2) is 0 Å². The van der Waals surface area contributed by atoms with Crippen LogP contribution in [0.15, 0.2) is 52.3 Å². The van der Waals surface area contributed by atoms with Crippen molar-refractivity contribution in [3.05, 3.63) is 47.7 Å². The molecule has 0 spiro atoms. The summed E-state index contributed by atoms with van der Waals surface area (Å²) in [5.74, 6) is -0.552. The third kappa shape index (κ3) is 8.60. The Morgan fingerprint density at radius 1 is 1.18 bits per heavy atom. The summed E-state index contributed by atoms with van der Waals surface area (Å²) >= 11 is 0. The highest BCUT2D eigenvalue weighted by molar-refractivity contribution is 5.82. The van der Waals surface area contributed by atoms with Crippen LogP contribution in [0.25, 0.3) is 0 Å². The van der Waals surface area contributed by atoms with E-state index in [1.54, 1.807) is 0 Å². The van der Waals surface area contributed by atoms with E-state index in [9.17, 15) is 9.59 Å². The predicted octanol–water partition coefficient (Wildman–Crippen LogP) is 2.57. The largest absolute Gasteiger partial charge is 0.462 e. The van der Waals surface area contributed by atoms with E-state index >= 15 is 0 Å². The fourth-order valence-corrected chi connectivity index (χ4v) is 1.47. The van der Waals surface area contributed by atoms with Gasteiger partial charge in [0, 0.05) is 12.5 Å². The lowest BCUT2D eigenvalue weighted by atomic mass is 10.2. The molecule has 0 fully saturated rings. The molecule has 0 aliphatic heterocycles. The van der Waals surface area contributed by atoms with Gasteiger partial charge in [-0.2, -0.15) is 5.11 Å². The molecular weight excluding hydrogens is 286 g/mol. The summed E-state index contributed by atoms with van der Waals surface area (Å²) in [6.07, 6.45) is 1.73. The van der Waals surface area contributed by atoms with Gasteiger partial charge in [-0.05, 0) is 12.5 Å². The molecule has 0 bridgehead atoms. The number of carbonyl (C=O) groups excluding carboxylic acids is 2. The molecule has 0 unspecified atom stereocenters.